The summed E-state index contributed by atoms with van der Waals surface area (Å²) < 4.78 is 10.8. The molecule has 0 saturated carbocycles. The van der Waals surface area contributed by atoms with Gasteiger partial charge in [0.25, 0.3) is 0 Å². The van der Waals surface area contributed by atoms with Crippen molar-refractivity contribution in [3.05, 3.63) is 0 Å². The van der Waals surface area contributed by atoms with E-state index in [1.165, 1.54) is 19.3 Å². The summed E-state index contributed by atoms with van der Waals surface area (Å²) in [7, 11) is 0. The van der Waals surface area contributed by atoms with E-state index in [0.29, 0.717) is 0 Å². The molecule has 0 bridgehead atoms. The first-order valence-corrected chi connectivity index (χ1v) is 5.06. The van der Waals surface area contributed by atoms with Crippen molar-refractivity contribution in [2.24, 2.45) is 5.92 Å². The first-order chi connectivity index (χ1) is 5.83. The summed E-state index contributed by atoms with van der Waals surface area (Å²) in [5.41, 5.74) is 0. The fourth-order valence-electron chi connectivity index (χ4n) is 1.54. The zero-order chi connectivity index (χ0) is 8.81. The van der Waals surface area contributed by atoms with Gasteiger partial charge in [0, 0.05) is 6.42 Å². The highest BCUT2D eigenvalue weighted by atomic mass is 16.7. The maximum atomic E-state index is 5.38. The number of hydrogen-bond acceptors (Lipinski definition) is 2. The summed E-state index contributed by atoms with van der Waals surface area (Å²) >= 11 is 0. The minimum Gasteiger partial charge on any atom is -0.350 e. The van der Waals surface area contributed by atoms with Crippen LogP contribution in [0, 0.1) is 5.92 Å². The van der Waals surface area contributed by atoms with Gasteiger partial charge in [-0.05, 0) is 5.92 Å². The van der Waals surface area contributed by atoms with E-state index < -0.39 is 0 Å². The van der Waals surface area contributed by atoms with E-state index in [1.54, 1.807) is 0 Å². The van der Waals surface area contributed by atoms with Crippen LogP contribution in [-0.4, -0.2) is 19.5 Å². The summed E-state index contributed by atoms with van der Waals surface area (Å²) in [6, 6.07) is 0. The summed E-state index contributed by atoms with van der Waals surface area (Å²) in [5.74, 6) is 0.744. The molecule has 0 aromatic heterocycles. The van der Waals surface area contributed by atoms with Gasteiger partial charge >= 0.3 is 0 Å². The Balaban J connectivity index is 2.03. The Morgan fingerprint density at radius 3 is 2.58 bits per heavy atom. The zero-order valence-corrected chi connectivity index (χ0v) is 8.21. The van der Waals surface area contributed by atoms with Crippen molar-refractivity contribution in [3.63, 3.8) is 0 Å². The van der Waals surface area contributed by atoms with E-state index in [1.807, 2.05) is 0 Å². The molecule has 1 fully saturated rings. The van der Waals surface area contributed by atoms with Crippen LogP contribution >= 0.6 is 0 Å². The second-order valence-corrected chi connectivity index (χ2v) is 3.65. The maximum Gasteiger partial charge on any atom is 0.158 e. The van der Waals surface area contributed by atoms with Crippen LogP contribution in [0.1, 0.15) is 39.5 Å². The maximum absolute atomic E-state index is 5.38. The topological polar surface area (TPSA) is 18.5 Å². The van der Waals surface area contributed by atoms with Crippen LogP contribution < -0.4 is 0 Å². The SMILES string of the molecule is CCCC[C@@H](C)CC1OCCO1. The van der Waals surface area contributed by atoms with Crippen molar-refractivity contribution in [1.29, 1.82) is 0 Å². The molecule has 1 aliphatic heterocycles. The molecule has 0 amide bonds. The van der Waals surface area contributed by atoms with Gasteiger partial charge in [0.2, 0.25) is 0 Å². The van der Waals surface area contributed by atoms with E-state index in [9.17, 15) is 0 Å². The van der Waals surface area contributed by atoms with Crippen LogP contribution in [-0.2, 0) is 9.47 Å². The van der Waals surface area contributed by atoms with E-state index in [0.717, 1.165) is 25.6 Å². The van der Waals surface area contributed by atoms with Gasteiger partial charge in [0.05, 0.1) is 13.2 Å². The molecule has 0 spiro atoms. The van der Waals surface area contributed by atoms with Gasteiger partial charge in [-0.2, -0.15) is 0 Å². The molecule has 12 heavy (non-hydrogen) atoms. The second kappa shape index (κ2) is 5.55. The second-order valence-electron chi connectivity index (χ2n) is 3.65. The Morgan fingerprint density at radius 2 is 2.00 bits per heavy atom. The first kappa shape index (κ1) is 10.0. The van der Waals surface area contributed by atoms with E-state index in [-0.39, 0.29) is 6.29 Å². The van der Waals surface area contributed by atoms with Crippen LogP contribution in [0.15, 0.2) is 0 Å². The Morgan fingerprint density at radius 1 is 1.33 bits per heavy atom. The van der Waals surface area contributed by atoms with E-state index >= 15 is 0 Å². The van der Waals surface area contributed by atoms with Gasteiger partial charge in [-0.3, -0.25) is 0 Å². The van der Waals surface area contributed by atoms with Crippen molar-refractivity contribution >= 4 is 0 Å². The van der Waals surface area contributed by atoms with Crippen LogP contribution in [0.25, 0.3) is 0 Å². The number of hydrogen-bond donors (Lipinski definition) is 0. The van der Waals surface area contributed by atoms with Crippen molar-refractivity contribution in [3.8, 4) is 0 Å². The Labute approximate surface area is 75.2 Å². The largest absolute Gasteiger partial charge is 0.350 e. The van der Waals surface area contributed by atoms with E-state index in [4.69, 9.17) is 9.47 Å². The van der Waals surface area contributed by atoms with Crippen molar-refractivity contribution in [1.82, 2.24) is 0 Å². The predicted octanol–water partition coefficient (Wildman–Crippen LogP) is 2.58. The van der Waals surface area contributed by atoms with Crippen LogP contribution in [0.5, 0.6) is 0 Å². The number of ether oxygens (including phenoxy) is 2. The molecule has 0 aromatic carbocycles. The summed E-state index contributed by atoms with van der Waals surface area (Å²) in [5, 5.41) is 0. The Kier molecular flexibility index (Phi) is 4.62. The summed E-state index contributed by atoms with van der Waals surface area (Å²) in [4.78, 5) is 0. The molecule has 72 valence electrons. The minimum absolute atomic E-state index is 0.0943. The predicted molar refractivity (Wildman–Crippen MR) is 49.0 cm³/mol. The molecule has 0 radical (unpaired) electrons. The fraction of sp³-hybridized carbons (Fsp3) is 1.00. The first-order valence-electron chi connectivity index (χ1n) is 5.06. The minimum atomic E-state index is 0.0943. The fourth-order valence-corrected chi connectivity index (χ4v) is 1.54. The van der Waals surface area contributed by atoms with Gasteiger partial charge in [-0.1, -0.05) is 33.1 Å². The molecule has 1 saturated heterocycles. The van der Waals surface area contributed by atoms with Gasteiger partial charge in [0.1, 0.15) is 0 Å². The monoisotopic (exact) mass is 172 g/mol. The van der Waals surface area contributed by atoms with Gasteiger partial charge in [-0.25, -0.2) is 0 Å². The molecule has 1 rings (SSSR count). The molecule has 2 nitrogen and oxygen atoms in total. The third kappa shape index (κ3) is 3.55. The average molecular weight is 172 g/mol. The lowest BCUT2D eigenvalue weighted by Crippen LogP contribution is -2.12. The molecular formula is C10H20O2. The normalized spacial score (nSPS) is 21.5. The standard InChI is InChI=1S/C10H20O2/c1-3-4-5-9(2)8-10-11-6-7-12-10/h9-10H,3-8H2,1-2H3/t9-/m1/s1. The highest BCUT2D eigenvalue weighted by Crippen LogP contribution is 2.18. The number of rotatable bonds is 5. The number of unbranched alkanes of at least 4 members (excludes halogenated alkanes) is 1. The molecule has 0 unspecified atom stereocenters. The third-order valence-electron chi connectivity index (χ3n) is 2.34. The van der Waals surface area contributed by atoms with Crippen LogP contribution in [0.4, 0.5) is 0 Å². The highest BCUT2D eigenvalue weighted by Gasteiger charge is 2.18. The molecule has 2 heteroatoms. The quantitative estimate of drug-likeness (QED) is 0.634. The Hall–Kier alpha value is -0.0800. The summed E-state index contributed by atoms with van der Waals surface area (Å²) in [6.07, 6.45) is 5.08. The van der Waals surface area contributed by atoms with Gasteiger partial charge < -0.3 is 9.47 Å². The molecule has 1 aliphatic rings. The van der Waals surface area contributed by atoms with Crippen molar-refractivity contribution < 1.29 is 9.47 Å². The molecule has 1 atom stereocenters. The van der Waals surface area contributed by atoms with E-state index in [2.05, 4.69) is 13.8 Å². The summed E-state index contributed by atoms with van der Waals surface area (Å²) in [6.45, 7) is 6.08. The van der Waals surface area contributed by atoms with Crippen LogP contribution in [0.2, 0.25) is 0 Å². The highest BCUT2D eigenvalue weighted by molar-refractivity contribution is 4.59. The van der Waals surface area contributed by atoms with Crippen molar-refractivity contribution in [2.75, 3.05) is 13.2 Å². The van der Waals surface area contributed by atoms with Crippen molar-refractivity contribution in [2.45, 2.75) is 45.8 Å². The van der Waals surface area contributed by atoms with Gasteiger partial charge in [-0.15, -0.1) is 0 Å². The molecule has 0 aromatic rings. The lowest BCUT2D eigenvalue weighted by Gasteiger charge is -2.14. The third-order valence-corrected chi connectivity index (χ3v) is 2.34. The van der Waals surface area contributed by atoms with Crippen LogP contribution in [0.3, 0.4) is 0 Å². The molecule has 1 heterocycles. The smallest absolute Gasteiger partial charge is 0.158 e. The molecule has 0 aliphatic carbocycles. The lowest BCUT2D eigenvalue weighted by atomic mass is 10.0. The molecule has 0 N–H and O–H groups in total. The molecular weight excluding hydrogens is 152 g/mol. The zero-order valence-electron chi connectivity index (χ0n) is 8.21. The average Bonchev–Trinajstić information content (AvgIpc) is 2.53. The Bertz CT molecular complexity index is 108. The lowest BCUT2D eigenvalue weighted by molar-refractivity contribution is -0.0561. The van der Waals surface area contributed by atoms with Gasteiger partial charge in [0.15, 0.2) is 6.29 Å².